The quantitative estimate of drug-likeness (QED) is 0.336. The number of benzene rings is 2. The van der Waals surface area contributed by atoms with Gasteiger partial charge in [-0.15, -0.1) is 11.3 Å². The highest BCUT2D eigenvalue weighted by Crippen LogP contribution is 2.22. The Hall–Kier alpha value is -3.85. The summed E-state index contributed by atoms with van der Waals surface area (Å²) in [5.74, 6) is 0.301. The van der Waals surface area contributed by atoms with Gasteiger partial charge in [0.25, 0.3) is 5.91 Å². The fourth-order valence-corrected chi connectivity index (χ4v) is 3.97. The lowest BCUT2D eigenvalue weighted by atomic mass is 10.1. The van der Waals surface area contributed by atoms with E-state index in [1.165, 1.54) is 24.3 Å². The van der Waals surface area contributed by atoms with Gasteiger partial charge in [0.05, 0.1) is 10.9 Å². The minimum atomic E-state index is -0.394. The average Bonchev–Trinajstić information content (AvgIpc) is 3.52. The topological polar surface area (TPSA) is 97.1 Å². The highest BCUT2D eigenvalue weighted by Gasteiger charge is 2.13. The molecule has 0 fully saturated rings. The molecule has 9 heteroatoms. The van der Waals surface area contributed by atoms with Crippen LogP contribution in [0.5, 0.6) is 0 Å². The predicted molar refractivity (Wildman–Crippen MR) is 128 cm³/mol. The molecule has 0 bridgehead atoms. The van der Waals surface area contributed by atoms with Gasteiger partial charge in [-0.3, -0.25) is 9.59 Å². The molecule has 34 heavy (non-hydrogen) atoms. The van der Waals surface area contributed by atoms with Crippen LogP contribution in [0.2, 0.25) is 0 Å². The maximum atomic E-state index is 13.0. The van der Waals surface area contributed by atoms with Crippen molar-refractivity contribution in [2.75, 3.05) is 5.32 Å². The van der Waals surface area contributed by atoms with E-state index < -0.39 is 5.82 Å². The largest absolute Gasteiger partial charge is 0.350 e. The van der Waals surface area contributed by atoms with E-state index in [1.54, 1.807) is 23.5 Å². The third-order valence-corrected chi connectivity index (χ3v) is 6.02. The van der Waals surface area contributed by atoms with Gasteiger partial charge in [-0.05, 0) is 66.8 Å². The Balaban J connectivity index is 1.22. The summed E-state index contributed by atoms with van der Waals surface area (Å²) in [5.41, 5.74) is 1.89. The van der Waals surface area contributed by atoms with Crippen LogP contribution in [0.3, 0.4) is 0 Å². The monoisotopic (exact) mass is 478 g/mol. The summed E-state index contributed by atoms with van der Waals surface area (Å²) in [5, 5.41) is 11.7. The van der Waals surface area contributed by atoms with Crippen LogP contribution in [0, 0.1) is 5.82 Å². The molecule has 0 saturated heterocycles. The molecule has 2 aromatic heterocycles. The Bertz CT molecular complexity index is 1240. The van der Waals surface area contributed by atoms with Gasteiger partial charge in [0.2, 0.25) is 17.6 Å². The minimum absolute atomic E-state index is 0.0702. The molecule has 0 aliphatic heterocycles. The van der Waals surface area contributed by atoms with Gasteiger partial charge >= 0.3 is 0 Å². The molecule has 0 saturated carbocycles. The third-order valence-electron chi connectivity index (χ3n) is 5.16. The molecule has 2 N–H and O–H groups in total. The zero-order valence-corrected chi connectivity index (χ0v) is 19.3. The van der Waals surface area contributed by atoms with Crippen molar-refractivity contribution in [3.8, 4) is 10.7 Å². The van der Waals surface area contributed by atoms with Crippen molar-refractivity contribution >= 4 is 28.8 Å². The van der Waals surface area contributed by atoms with Gasteiger partial charge in [-0.1, -0.05) is 23.4 Å². The first kappa shape index (κ1) is 23.3. The van der Waals surface area contributed by atoms with E-state index in [-0.39, 0.29) is 17.9 Å². The van der Waals surface area contributed by atoms with E-state index in [9.17, 15) is 14.0 Å². The number of halogens is 1. The van der Waals surface area contributed by atoms with E-state index in [0.29, 0.717) is 42.2 Å². The Morgan fingerprint density at radius 1 is 1.09 bits per heavy atom. The number of rotatable bonds is 9. The molecule has 2 amide bonds. The van der Waals surface area contributed by atoms with Crippen LogP contribution in [0.15, 0.2) is 70.6 Å². The Morgan fingerprint density at radius 2 is 1.85 bits per heavy atom. The van der Waals surface area contributed by atoms with Crippen LogP contribution in [0.4, 0.5) is 10.1 Å². The van der Waals surface area contributed by atoms with Gasteiger partial charge in [-0.25, -0.2) is 4.39 Å². The first-order valence-electron chi connectivity index (χ1n) is 10.8. The van der Waals surface area contributed by atoms with E-state index in [4.69, 9.17) is 4.52 Å². The van der Waals surface area contributed by atoms with Crippen molar-refractivity contribution < 1.29 is 18.5 Å². The number of nitrogens with zero attached hydrogens (tertiary/aromatic N) is 2. The van der Waals surface area contributed by atoms with Gasteiger partial charge in [0.15, 0.2) is 0 Å². The molecule has 174 valence electrons. The Labute approximate surface area is 200 Å². The minimum Gasteiger partial charge on any atom is -0.350 e. The van der Waals surface area contributed by atoms with Crippen molar-refractivity contribution in [1.29, 1.82) is 0 Å². The summed E-state index contributed by atoms with van der Waals surface area (Å²) in [6.45, 7) is 1.90. The van der Waals surface area contributed by atoms with Crippen molar-refractivity contribution in [2.24, 2.45) is 0 Å². The molecule has 2 aromatic carbocycles. The van der Waals surface area contributed by atoms with Gasteiger partial charge < -0.3 is 15.2 Å². The standard InChI is InChI=1S/C25H23FN4O3S/c1-16(17-9-13-20(14-10-17)28-25(32)18-7-11-19(26)12-8-18)27-22(31)5-2-6-23-29-24(30-33-23)21-4-3-15-34-21/h3-4,7-16H,2,5-6H2,1H3,(H,27,31)(H,28,32). The number of thiophene rings is 1. The molecule has 1 unspecified atom stereocenters. The normalized spacial score (nSPS) is 11.7. The second-order valence-corrected chi connectivity index (χ2v) is 8.66. The number of amides is 2. The second-order valence-electron chi connectivity index (χ2n) is 7.71. The Kier molecular flexibility index (Phi) is 7.44. The van der Waals surface area contributed by atoms with Gasteiger partial charge in [-0.2, -0.15) is 4.98 Å². The van der Waals surface area contributed by atoms with Crippen LogP contribution < -0.4 is 10.6 Å². The first-order valence-corrected chi connectivity index (χ1v) is 11.7. The van der Waals surface area contributed by atoms with E-state index in [1.807, 2.05) is 36.6 Å². The smallest absolute Gasteiger partial charge is 0.255 e. The maximum absolute atomic E-state index is 13.0. The fraction of sp³-hybridized carbons (Fsp3) is 0.200. The number of aromatic nitrogens is 2. The zero-order chi connectivity index (χ0) is 23.9. The molecule has 2 heterocycles. The molecular weight excluding hydrogens is 455 g/mol. The van der Waals surface area contributed by atoms with Crippen molar-refractivity contribution in [3.05, 3.63) is 88.9 Å². The summed E-state index contributed by atoms with van der Waals surface area (Å²) in [7, 11) is 0. The maximum Gasteiger partial charge on any atom is 0.255 e. The van der Waals surface area contributed by atoms with Crippen LogP contribution in [-0.4, -0.2) is 22.0 Å². The fourth-order valence-electron chi connectivity index (χ4n) is 3.32. The summed E-state index contributed by atoms with van der Waals surface area (Å²) >= 11 is 1.54. The number of aryl methyl sites for hydroxylation is 1. The van der Waals surface area contributed by atoms with Crippen LogP contribution in [0.1, 0.15) is 47.6 Å². The number of hydrogen-bond donors (Lipinski definition) is 2. The Morgan fingerprint density at radius 3 is 2.56 bits per heavy atom. The summed E-state index contributed by atoms with van der Waals surface area (Å²) in [4.78, 5) is 29.9. The van der Waals surface area contributed by atoms with E-state index >= 15 is 0 Å². The van der Waals surface area contributed by atoms with E-state index in [2.05, 4.69) is 20.8 Å². The van der Waals surface area contributed by atoms with Crippen LogP contribution in [-0.2, 0) is 11.2 Å². The van der Waals surface area contributed by atoms with Gasteiger partial charge in [0.1, 0.15) is 5.82 Å². The van der Waals surface area contributed by atoms with Gasteiger partial charge in [0, 0.05) is 24.1 Å². The lowest BCUT2D eigenvalue weighted by Gasteiger charge is -2.15. The SMILES string of the molecule is CC(NC(=O)CCCc1nc(-c2cccs2)no1)c1ccc(NC(=O)c2ccc(F)cc2)cc1. The molecule has 0 spiro atoms. The predicted octanol–water partition coefficient (Wildman–Crippen LogP) is 5.39. The van der Waals surface area contributed by atoms with Crippen LogP contribution >= 0.6 is 11.3 Å². The molecule has 1 atom stereocenters. The number of carbonyl (C=O) groups is 2. The van der Waals surface area contributed by atoms with Crippen molar-refractivity contribution in [3.63, 3.8) is 0 Å². The second kappa shape index (κ2) is 10.8. The summed E-state index contributed by atoms with van der Waals surface area (Å²) in [6, 6.07) is 16.2. The molecule has 7 nitrogen and oxygen atoms in total. The first-order chi connectivity index (χ1) is 16.5. The lowest BCUT2D eigenvalue weighted by molar-refractivity contribution is -0.121. The summed E-state index contributed by atoms with van der Waals surface area (Å²) in [6.07, 6.45) is 1.47. The number of anilines is 1. The lowest BCUT2D eigenvalue weighted by Crippen LogP contribution is -2.26. The average molecular weight is 479 g/mol. The molecular formula is C25H23FN4O3S. The molecule has 4 aromatic rings. The van der Waals surface area contributed by atoms with E-state index in [0.717, 1.165) is 10.4 Å². The number of hydrogen-bond acceptors (Lipinski definition) is 6. The van der Waals surface area contributed by atoms with Crippen LogP contribution in [0.25, 0.3) is 10.7 Å². The highest BCUT2D eigenvalue weighted by molar-refractivity contribution is 7.13. The van der Waals surface area contributed by atoms with Crippen molar-refractivity contribution in [2.45, 2.75) is 32.2 Å². The third kappa shape index (κ3) is 6.14. The highest BCUT2D eigenvalue weighted by atomic mass is 32.1. The molecule has 0 aliphatic carbocycles. The molecule has 4 rings (SSSR count). The zero-order valence-electron chi connectivity index (χ0n) is 18.5. The number of nitrogens with one attached hydrogen (secondary N) is 2. The molecule has 0 aliphatic rings. The number of carbonyl (C=O) groups excluding carboxylic acids is 2. The summed E-state index contributed by atoms with van der Waals surface area (Å²) < 4.78 is 18.3. The molecule has 0 radical (unpaired) electrons. The van der Waals surface area contributed by atoms with Crippen molar-refractivity contribution in [1.82, 2.24) is 15.5 Å².